The highest BCUT2D eigenvalue weighted by Crippen LogP contribution is 2.33. The topological polar surface area (TPSA) is 57.7 Å². The van der Waals surface area contributed by atoms with Gasteiger partial charge in [0, 0.05) is 12.5 Å². The maximum atomic E-state index is 13.3. The van der Waals surface area contributed by atoms with Gasteiger partial charge in [-0.15, -0.1) is 0 Å². The molecule has 1 fully saturated rings. The van der Waals surface area contributed by atoms with E-state index in [0.717, 1.165) is 32.1 Å². The van der Waals surface area contributed by atoms with Crippen LogP contribution in [0.2, 0.25) is 0 Å². The Kier molecular flexibility index (Phi) is 5.74. The number of benzene rings is 1. The Labute approximate surface area is 155 Å². The van der Waals surface area contributed by atoms with Gasteiger partial charge in [0.15, 0.2) is 0 Å². The molecule has 0 aliphatic carbocycles. The molecule has 26 heavy (non-hydrogen) atoms. The minimum Gasteiger partial charge on any atom is -0.327 e. The summed E-state index contributed by atoms with van der Waals surface area (Å²) in [7, 11) is 0. The molecule has 0 saturated carbocycles. The van der Waals surface area contributed by atoms with Crippen LogP contribution in [0.25, 0.3) is 0 Å². The van der Waals surface area contributed by atoms with E-state index >= 15 is 0 Å². The Morgan fingerprint density at radius 1 is 1.19 bits per heavy atom. The van der Waals surface area contributed by atoms with Crippen molar-refractivity contribution < 1.29 is 14.4 Å². The molecule has 2 heterocycles. The quantitative estimate of drug-likeness (QED) is 0.807. The fourth-order valence-corrected chi connectivity index (χ4v) is 4.07. The van der Waals surface area contributed by atoms with Gasteiger partial charge in [0.2, 0.25) is 5.91 Å². The summed E-state index contributed by atoms with van der Waals surface area (Å²) in [5, 5.41) is 0. The van der Waals surface area contributed by atoms with Gasteiger partial charge in [0.05, 0.1) is 11.3 Å². The molecular weight excluding hydrogens is 328 g/mol. The van der Waals surface area contributed by atoms with Crippen molar-refractivity contribution in [2.45, 2.75) is 64.8 Å². The number of hydrogen-bond acceptors (Lipinski definition) is 3. The number of rotatable bonds is 5. The number of carbonyl (C=O) groups is 3. The third-order valence-electron chi connectivity index (χ3n) is 5.61. The first-order valence-electron chi connectivity index (χ1n) is 9.87. The smallest absolute Gasteiger partial charge is 0.256 e. The van der Waals surface area contributed by atoms with Gasteiger partial charge in [-0.25, -0.2) is 4.90 Å². The van der Waals surface area contributed by atoms with E-state index in [1.165, 1.54) is 4.90 Å². The maximum Gasteiger partial charge on any atom is 0.256 e. The van der Waals surface area contributed by atoms with Gasteiger partial charge in [0.1, 0.15) is 6.04 Å². The van der Waals surface area contributed by atoms with Crippen LogP contribution < -0.4 is 4.90 Å². The van der Waals surface area contributed by atoms with E-state index in [4.69, 9.17) is 0 Å². The van der Waals surface area contributed by atoms with Crippen LogP contribution in [0.3, 0.4) is 0 Å². The van der Waals surface area contributed by atoms with E-state index < -0.39 is 6.04 Å². The van der Waals surface area contributed by atoms with E-state index in [0.29, 0.717) is 30.6 Å². The molecule has 1 aromatic rings. The normalized spacial score (nSPS) is 21.1. The first kappa shape index (κ1) is 18.6. The second-order valence-corrected chi connectivity index (χ2v) is 7.29. The predicted octanol–water partition coefficient (Wildman–Crippen LogP) is 3.77. The largest absolute Gasteiger partial charge is 0.327 e. The fraction of sp³-hybridized carbons (Fsp3) is 0.571. The number of carbonyl (C=O) groups excluding carboxylic acids is 3. The van der Waals surface area contributed by atoms with Crippen LogP contribution in [0, 0.1) is 5.92 Å². The van der Waals surface area contributed by atoms with E-state index in [-0.39, 0.29) is 23.6 Å². The third kappa shape index (κ3) is 3.27. The Hall–Kier alpha value is -2.17. The van der Waals surface area contributed by atoms with Gasteiger partial charge in [0.25, 0.3) is 11.8 Å². The highest BCUT2D eigenvalue weighted by atomic mass is 16.2. The first-order chi connectivity index (χ1) is 12.6. The molecule has 140 valence electrons. The predicted molar refractivity (Wildman–Crippen MR) is 101 cm³/mol. The molecule has 5 nitrogen and oxygen atoms in total. The minimum atomic E-state index is -0.517. The summed E-state index contributed by atoms with van der Waals surface area (Å²) >= 11 is 0. The second-order valence-electron chi connectivity index (χ2n) is 7.29. The number of hydrogen-bond donors (Lipinski definition) is 0. The molecule has 2 atom stereocenters. The molecule has 0 N–H and O–H groups in total. The zero-order chi connectivity index (χ0) is 18.7. The van der Waals surface area contributed by atoms with Crippen LogP contribution in [0.1, 0.15) is 69.2 Å². The first-order valence-corrected chi connectivity index (χ1v) is 9.87. The van der Waals surface area contributed by atoms with Crippen LogP contribution >= 0.6 is 0 Å². The van der Waals surface area contributed by atoms with Crippen molar-refractivity contribution in [3.05, 3.63) is 29.8 Å². The average molecular weight is 356 g/mol. The van der Waals surface area contributed by atoms with Gasteiger partial charge in [-0.3, -0.25) is 14.4 Å². The summed E-state index contributed by atoms with van der Waals surface area (Å²) in [6.07, 6.45) is 5.90. The maximum absolute atomic E-state index is 13.3. The summed E-state index contributed by atoms with van der Waals surface area (Å²) in [4.78, 5) is 42.7. The van der Waals surface area contributed by atoms with Crippen molar-refractivity contribution >= 4 is 23.4 Å². The number of unbranched alkanes of at least 4 members (excludes halogenated alkanes) is 1. The minimum absolute atomic E-state index is 0.129. The standard InChI is InChI=1S/C21H28N2O3/c1-3-5-10-15(4-2)19(24)23-17-12-7-6-11-16(17)20(25)22-14-9-8-13-18(22)21(23)26/h6-7,11-12,15,18H,3-5,8-10,13-14H2,1-2H3/t15-,18-/m1/s1. The van der Waals surface area contributed by atoms with Crippen molar-refractivity contribution in [2.75, 3.05) is 11.4 Å². The van der Waals surface area contributed by atoms with E-state index in [1.54, 1.807) is 29.2 Å². The molecule has 2 aliphatic rings. The lowest BCUT2D eigenvalue weighted by molar-refractivity contribution is -0.131. The average Bonchev–Trinajstić information content (AvgIpc) is 2.77. The lowest BCUT2D eigenvalue weighted by Crippen LogP contribution is -2.53. The van der Waals surface area contributed by atoms with Gasteiger partial charge in [-0.2, -0.15) is 0 Å². The van der Waals surface area contributed by atoms with Gasteiger partial charge < -0.3 is 4.90 Å². The molecule has 5 heteroatoms. The lowest BCUT2D eigenvalue weighted by Gasteiger charge is -2.34. The molecule has 1 saturated heterocycles. The van der Waals surface area contributed by atoms with Crippen LogP contribution in [0.15, 0.2) is 24.3 Å². The number of para-hydroxylation sites is 1. The van der Waals surface area contributed by atoms with Crippen molar-refractivity contribution in [3.8, 4) is 0 Å². The SMILES string of the molecule is CCCC[C@@H](CC)C(=O)N1C(=O)[C@H]2CCCCN2C(=O)c2ccccc21. The van der Waals surface area contributed by atoms with Crippen LogP contribution in [0.5, 0.6) is 0 Å². The molecular formula is C21H28N2O3. The number of fused-ring (bicyclic) bond motifs is 2. The number of imide groups is 1. The fourth-order valence-electron chi connectivity index (χ4n) is 4.07. The van der Waals surface area contributed by atoms with E-state index in [1.807, 2.05) is 6.92 Å². The summed E-state index contributed by atoms with van der Waals surface area (Å²) < 4.78 is 0. The summed E-state index contributed by atoms with van der Waals surface area (Å²) in [5.41, 5.74) is 0.917. The van der Waals surface area contributed by atoms with Crippen molar-refractivity contribution in [1.82, 2.24) is 4.90 Å². The number of piperidine rings is 1. The van der Waals surface area contributed by atoms with E-state index in [2.05, 4.69) is 6.92 Å². The molecule has 0 unspecified atom stereocenters. The summed E-state index contributed by atoms with van der Waals surface area (Å²) in [6, 6.07) is 6.53. The molecule has 0 spiro atoms. The zero-order valence-corrected chi connectivity index (χ0v) is 15.7. The number of amides is 3. The van der Waals surface area contributed by atoms with Gasteiger partial charge in [-0.1, -0.05) is 38.8 Å². The highest BCUT2D eigenvalue weighted by molar-refractivity contribution is 6.22. The summed E-state index contributed by atoms with van der Waals surface area (Å²) in [5.74, 6) is -0.700. The molecule has 0 radical (unpaired) electrons. The van der Waals surface area contributed by atoms with Crippen molar-refractivity contribution in [3.63, 3.8) is 0 Å². The monoisotopic (exact) mass is 356 g/mol. The van der Waals surface area contributed by atoms with E-state index in [9.17, 15) is 14.4 Å². The molecule has 3 amide bonds. The van der Waals surface area contributed by atoms with Crippen LogP contribution in [0.4, 0.5) is 5.69 Å². The van der Waals surface area contributed by atoms with Gasteiger partial charge in [-0.05, 0) is 44.2 Å². The zero-order valence-electron chi connectivity index (χ0n) is 15.7. The van der Waals surface area contributed by atoms with Crippen molar-refractivity contribution in [1.29, 1.82) is 0 Å². The molecule has 2 aliphatic heterocycles. The lowest BCUT2D eigenvalue weighted by atomic mass is 9.96. The highest BCUT2D eigenvalue weighted by Gasteiger charge is 2.43. The molecule has 0 bridgehead atoms. The van der Waals surface area contributed by atoms with Crippen LogP contribution in [-0.2, 0) is 9.59 Å². The Morgan fingerprint density at radius 3 is 2.69 bits per heavy atom. The number of nitrogens with zero attached hydrogens (tertiary/aromatic N) is 2. The molecule has 0 aromatic heterocycles. The third-order valence-corrected chi connectivity index (χ3v) is 5.61. The van der Waals surface area contributed by atoms with Crippen LogP contribution in [-0.4, -0.2) is 35.2 Å². The van der Waals surface area contributed by atoms with Crippen molar-refractivity contribution in [2.24, 2.45) is 5.92 Å². The number of anilines is 1. The molecule has 1 aromatic carbocycles. The second kappa shape index (κ2) is 8.02. The Balaban J connectivity index is 2.04. The van der Waals surface area contributed by atoms with Gasteiger partial charge >= 0.3 is 0 Å². The molecule has 3 rings (SSSR count). The Morgan fingerprint density at radius 2 is 1.96 bits per heavy atom. The Bertz CT molecular complexity index is 700. The summed E-state index contributed by atoms with van der Waals surface area (Å²) in [6.45, 7) is 4.67.